The fraction of sp³-hybridized carbons (Fsp3) is 0.381. The van der Waals surface area contributed by atoms with E-state index in [0.29, 0.717) is 13.1 Å². The van der Waals surface area contributed by atoms with E-state index in [-0.39, 0.29) is 24.3 Å². The summed E-state index contributed by atoms with van der Waals surface area (Å²) in [5.74, 6) is -0.128. The van der Waals surface area contributed by atoms with Gasteiger partial charge >= 0.3 is 0 Å². The van der Waals surface area contributed by atoms with E-state index in [4.69, 9.17) is 5.11 Å². The first-order valence-corrected chi connectivity index (χ1v) is 8.88. The highest BCUT2D eigenvalue weighted by Gasteiger charge is 2.32. The van der Waals surface area contributed by atoms with E-state index in [2.05, 4.69) is 0 Å². The molecule has 0 aliphatic carbocycles. The molecule has 0 bridgehead atoms. The Morgan fingerprint density at radius 1 is 0.960 bits per heavy atom. The van der Waals surface area contributed by atoms with Crippen molar-refractivity contribution in [1.29, 1.82) is 0 Å². The van der Waals surface area contributed by atoms with Gasteiger partial charge in [-0.15, -0.1) is 0 Å². The predicted molar refractivity (Wildman–Crippen MR) is 97.1 cm³/mol. The number of piperidine rings is 1. The summed E-state index contributed by atoms with van der Waals surface area (Å²) < 4.78 is 0. The van der Waals surface area contributed by atoms with E-state index in [1.807, 2.05) is 65.6 Å². The Bertz CT molecular complexity index is 627. The number of aliphatic hydroxyl groups is 2. The normalized spacial score (nSPS) is 16.8. The molecule has 0 aromatic heterocycles. The lowest BCUT2D eigenvalue weighted by molar-refractivity contribution is -0.134. The summed E-state index contributed by atoms with van der Waals surface area (Å²) in [7, 11) is 0. The Morgan fingerprint density at radius 3 is 1.88 bits per heavy atom. The van der Waals surface area contributed by atoms with Crippen LogP contribution in [0, 0.1) is 5.92 Å². The number of rotatable bonds is 5. The summed E-state index contributed by atoms with van der Waals surface area (Å²) in [6.45, 7) is 1.03. The Morgan fingerprint density at radius 2 is 1.44 bits per heavy atom. The Hall–Kier alpha value is -2.17. The summed E-state index contributed by atoms with van der Waals surface area (Å²) >= 11 is 0. The van der Waals surface area contributed by atoms with E-state index in [1.54, 1.807) is 0 Å². The maximum absolute atomic E-state index is 13.3. The summed E-state index contributed by atoms with van der Waals surface area (Å²) in [5.41, 5.74) is 1.99. The number of carbonyl (C=O) groups excluding carboxylic acids is 1. The summed E-state index contributed by atoms with van der Waals surface area (Å²) in [4.78, 5) is 15.2. The molecule has 0 radical (unpaired) electrons. The molecule has 132 valence electrons. The first-order chi connectivity index (χ1) is 12.2. The highest BCUT2D eigenvalue weighted by atomic mass is 16.3. The maximum atomic E-state index is 13.3. The average molecular weight is 339 g/mol. The zero-order valence-electron chi connectivity index (χ0n) is 14.3. The molecule has 1 fully saturated rings. The number of likely N-dealkylation sites (tertiary alicyclic amines) is 1. The van der Waals surface area contributed by atoms with Gasteiger partial charge in [0.25, 0.3) is 0 Å². The second kappa shape index (κ2) is 8.28. The summed E-state index contributed by atoms with van der Waals surface area (Å²) in [5, 5.41) is 18.9. The SMILES string of the molecule is O=C(C(c1ccccc1)c1ccccc1)N1CCC(C(O)CO)CC1. The number of carbonyl (C=O) groups is 1. The lowest BCUT2D eigenvalue weighted by atomic mass is 9.87. The minimum atomic E-state index is -0.684. The van der Waals surface area contributed by atoms with Crippen LogP contribution in [0.15, 0.2) is 60.7 Å². The fourth-order valence-corrected chi connectivity index (χ4v) is 3.60. The number of aliphatic hydroxyl groups excluding tert-OH is 2. The van der Waals surface area contributed by atoms with Crippen LogP contribution in [0.25, 0.3) is 0 Å². The second-order valence-corrected chi connectivity index (χ2v) is 6.67. The minimum Gasteiger partial charge on any atom is -0.394 e. The van der Waals surface area contributed by atoms with Crippen LogP contribution in [-0.2, 0) is 4.79 Å². The van der Waals surface area contributed by atoms with Gasteiger partial charge in [0.05, 0.1) is 18.6 Å². The minimum absolute atomic E-state index is 0.0703. The molecule has 1 saturated heterocycles. The van der Waals surface area contributed by atoms with E-state index in [0.717, 1.165) is 24.0 Å². The van der Waals surface area contributed by atoms with Gasteiger partial charge in [-0.25, -0.2) is 0 Å². The average Bonchev–Trinajstić information content (AvgIpc) is 2.69. The Labute approximate surface area is 148 Å². The van der Waals surface area contributed by atoms with Crippen LogP contribution in [0.4, 0.5) is 0 Å². The van der Waals surface area contributed by atoms with E-state index >= 15 is 0 Å². The van der Waals surface area contributed by atoms with Crippen LogP contribution in [0.5, 0.6) is 0 Å². The molecule has 2 aromatic rings. The van der Waals surface area contributed by atoms with Gasteiger partial charge in [0.1, 0.15) is 0 Å². The molecule has 4 heteroatoms. The smallest absolute Gasteiger partial charge is 0.234 e. The lowest BCUT2D eigenvalue weighted by Crippen LogP contribution is -2.44. The van der Waals surface area contributed by atoms with Crippen LogP contribution in [0.1, 0.15) is 29.9 Å². The van der Waals surface area contributed by atoms with Gasteiger partial charge in [0, 0.05) is 13.1 Å². The van der Waals surface area contributed by atoms with Gasteiger partial charge in [-0.05, 0) is 29.9 Å². The van der Waals surface area contributed by atoms with E-state index in [9.17, 15) is 9.90 Å². The van der Waals surface area contributed by atoms with Gasteiger partial charge in [-0.1, -0.05) is 60.7 Å². The molecule has 25 heavy (non-hydrogen) atoms. The molecular formula is C21H25NO3. The maximum Gasteiger partial charge on any atom is 0.234 e. The quantitative estimate of drug-likeness (QED) is 0.879. The van der Waals surface area contributed by atoms with Crippen molar-refractivity contribution in [2.24, 2.45) is 5.92 Å². The van der Waals surface area contributed by atoms with E-state index in [1.165, 1.54) is 0 Å². The molecule has 3 rings (SSSR count). The molecule has 1 amide bonds. The Kier molecular flexibility index (Phi) is 5.84. The monoisotopic (exact) mass is 339 g/mol. The molecule has 0 saturated carbocycles. The van der Waals surface area contributed by atoms with Crippen molar-refractivity contribution in [3.05, 3.63) is 71.8 Å². The van der Waals surface area contributed by atoms with Crippen LogP contribution >= 0.6 is 0 Å². The number of hydrogen-bond donors (Lipinski definition) is 2. The number of amides is 1. The topological polar surface area (TPSA) is 60.8 Å². The van der Waals surface area contributed by atoms with Crippen LogP contribution in [-0.4, -0.2) is 46.8 Å². The van der Waals surface area contributed by atoms with Gasteiger partial charge in [-0.3, -0.25) is 4.79 Å². The first kappa shape index (κ1) is 17.6. The Balaban J connectivity index is 1.79. The van der Waals surface area contributed by atoms with Crippen molar-refractivity contribution in [2.45, 2.75) is 24.9 Å². The zero-order valence-corrected chi connectivity index (χ0v) is 14.3. The molecule has 1 aliphatic rings. The third kappa shape index (κ3) is 4.09. The zero-order chi connectivity index (χ0) is 17.6. The number of nitrogens with zero attached hydrogens (tertiary/aromatic N) is 1. The van der Waals surface area contributed by atoms with Crippen molar-refractivity contribution in [2.75, 3.05) is 19.7 Å². The number of hydrogen-bond acceptors (Lipinski definition) is 3. The highest BCUT2D eigenvalue weighted by Crippen LogP contribution is 2.29. The molecular weight excluding hydrogens is 314 g/mol. The standard InChI is InChI=1S/C21H25NO3/c23-15-19(24)16-11-13-22(14-12-16)21(25)20(17-7-3-1-4-8-17)18-9-5-2-6-10-18/h1-10,16,19-20,23-24H,11-15H2. The number of benzene rings is 2. The first-order valence-electron chi connectivity index (χ1n) is 8.88. The lowest BCUT2D eigenvalue weighted by Gasteiger charge is -2.35. The second-order valence-electron chi connectivity index (χ2n) is 6.67. The highest BCUT2D eigenvalue weighted by molar-refractivity contribution is 5.87. The van der Waals surface area contributed by atoms with Gasteiger partial charge in [0.15, 0.2) is 0 Å². The van der Waals surface area contributed by atoms with Crippen LogP contribution < -0.4 is 0 Å². The van der Waals surface area contributed by atoms with Gasteiger partial charge in [-0.2, -0.15) is 0 Å². The molecule has 1 unspecified atom stereocenters. The summed E-state index contributed by atoms with van der Waals surface area (Å²) in [6, 6.07) is 19.7. The van der Waals surface area contributed by atoms with Crippen molar-refractivity contribution in [3.8, 4) is 0 Å². The van der Waals surface area contributed by atoms with Crippen LogP contribution in [0.2, 0.25) is 0 Å². The predicted octanol–water partition coefficient (Wildman–Crippen LogP) is 2.41. The van der Waals surface area contributed by atoms with Gasteiger partial charge < -0.3 is 15.1 Å². The van der Waals surface area contributed by atoms with Crippen molar-refractivity contribution < 1.29 is 15.0 Å². The molecule has 2 N–H and O–H groups in total. The summed E-state index contributed by atoms with van der Waals surface area (Å²) in [6.07, 6.45) is 0.768. The molecule has 0 spiro atoms. The third-order valence-corrected chi connectivity index (χ3v) is 5.10. The molecule has 1 aliphatic heterocycles. The van der Waals surface area contributed by atoms with Crippen molar-refractivity contribution in [1.82, 2.24) is 4.90 Å². The van der Waals surface area contributed by atoms with Crippen molar-refractivity contribution in [3.63, 3.8) is 0 Å². The molecule has 2 aromatic carbocycles. The molecule has 1 heterocycles. The van der Waals surface area contributed by atoms with Crippen LogP contribution in [0.3, 0.4) is 0 Å². The fourth-order valence-electron chi connectivity index (χ4n) is 3.60. The van der Waals surface area contributed by atoms with E-state index < -0.39 is 6.10 Å². The van der Waals surface area contributed by atoms with Gasteiger partial charge in [0.2, 0.25) is 5.91 Å². The largest absolute Gasteiger partial charge is 0.394 e. The molecule has 4 nitrogen and oxygen atoms in total. The molecule has 1 atom stereocenters. The van der Waals surface area contributed by atoms with Crippen molar-refractivity contribution >= 4 is 5.91 Å². The third-order valence-electron chi connectivity index (χ3n) is 5.10.